The summed E-state index contributed by atoms with van der Waals surface area (Å²) < 4.78 is 34.5. The number of benzene rings is 1. The Morgan fingerprint density at radius 3 is 2.50 bits per heavy atom. The van der Waals surface area contributed by atoms with Gasteiger partial charge in [0.15, 0.2) is 0 Å². The van der Waals surface area contributed by atoms with Crippen molar-refractivity contribution in [2.24, 2.45) is 16.0 Å². The molecule has 0 N–H and O–H groups in total. The molecule has 0 atom stereocenters. The van der Waals surface area contributed by atoms with Crippen molar-refractivity contribution < 1.29 is 13.2 Å². The molecule has 7 nitrogen and oxygen atoms in total. The normalized spacial score (nSPS) is 16.5. The van der Waals surface area contributed by atoms with Crippen molar-refractivity contribution in [1.82, 2.24) is 8.98 Å². The van der Waals surface area contributed by atoms with Gasteiger partial charge in [0, 0.05) is 24.2 Å². The van der Waals surface area contributed by atoms with Gasteiger partial charge in [-0.2, -0.15) is 9.41 Å². The lowest BCUT2D eigenvalue weighted by Gasteiger charge is -2.26. The summed E-state index contributed by atoms with van der Waals surface area (Å²) in [4.78, 5) is 6.95. The quantitative estimate of drug-likeness (QED) is 0.385. The summed E-state index contributed by atoms with van der Waals surface area (Å²) in [6.45, 7) is 8.09. The lowest BCUT2D eigenvalue weighted by atomic mass is 10.1. The van der Waals surface area contributed by atoms with Gasteiger partial charge in [0.25, 0.3) is 0 Å². The van der Waals surface area contributed by atoms with E-state index in [9.17, 15) is 8.42 Å². The predicted molar refractivity (Wildman–Crippen MR) is 139 cm³/mol. The number of nitrogens with zero attached hydrogens (tertiary/aromatic N) is 4. The first-order valence-electron chi connectivity index (χ1n) is 11.4. The summed E-state index contributed by atoms with van der Waals surface area (Å²) in [6, 6.07) is 10.9. The van der Waals surface area contributed by atoms with Gasteiger partial charge in [-0.1, -0.05) is 19.9 Å². The minimum absolute atomic E-state index is 0.272. The second-order valence-electron chi connectivity index (χ2n) is 8.58. The van der Waals surface area contributed by atoms with Gasteiger partial charge in [-0.15, -0.1) is 22.7 Å². The number of hydrogen-bond donors (Lipinski definition) is 0. The number of ether oxygens (including phenoxy) is 1. The van der Waals surface area contributed by atoms with Gasteiger partial charge < -0.3 is 4.74 Å². The summed E-state index contributed by atoms with van der Waals surface area (Å²) in [6.07, 6.45) is 2.01. The third-order valence-electron chi connectivity index (χ3n) is 5.48. The molecule has 0 radical (unpaired) electrons. The zero-order valence-corrected chi connectivity index (χ0v) is 22.1. The second-order valence-corrected chi connectivity index (χ2v) is 12.3. The smallest absolute Gasteiger partial charge is 0.243 e. The Morgan fingerprint density at radius 1 is 1.12 bits per heavy atom. The molecule has 1 fully saturated rings. The number of rotatable bonds is 8. The Morgan fingerprint density at radius 2 is 1.85 bits per heavy atom. The molecule has 2 aromatic heterocycles. The fraction of sp³-hybridized carbons (Fsp3) is 0.417. The van der Waals surface area contributed by atoms with E-state index in [-0.39, 0.29) is 4.90 Å². The van der Waals surface area contributed by atoms with Crippen LogP contribution in [-0.2, 0) is 14.8 Å². The van der Waals surface area contributed by atoms with Crippen LogP contribution in [0.5, 0.6) is 0 Å². The van der Waals surface area contributed by atoms with E-state index in [4.69, 9.17) is 14.8 Å². The molecule has 1 aromatic carbocycles. The molecule has 4 rings (SSSR count). The highest BCUT2D eigenvalue weighted by Gasteiger charge is 2.26. The fourth-order valence-electron chi connectivity index (χ4n) is 3.53. The number of hydrogen-bond acceptors (Lipinski definition) is 7. The lowest BCUT2D eigenvalue weighted by Crippen LogP contribution is -2.40. The number of aromatic nitrogens is 1. The highest BCUT2D eigenvalue weighted by atomic mass is 32.2. The first-order valence-corrected chi connectivity index (χ1v) is 14.6. The van der Waals surface area contributed by atoms with Crippen LogP contribution in [0.1, 0.15) is 33.6 Å². The summed E-state index contributed by atoms with van der Waals surface area (Å²) in [7, 11) is -3.53. The van der Waals surface area contributed by atoms with Crippen LogP contribution in [0.25, 0.3) is 10.6 Å². The van der Waals surface area contributed by atoms with E-state index < -0.39 is 10.0 Å². The molecule has 1 aliphatic heterocycles. The molecule has 3 aromatic rings. The van der Waals surface area contributed by atoms with Crippen LogP contribution in [-0.4, -0.2) is 49.4 Å². The molecule has 10 heteroatoms. The number of morpholine rings is 1. The van der Waals surface area contributed by atoms with E-state index in [1.54, 1.807) is 35.6 Å². The molecule has 0 aliphatic carbocycles. The molecular formula is C24H30N4O3S3. The van der Waals surface area contributed by atoms with E-state index in [2.05, 4.69) is 37.6 Å². The third-order valence-corrected chi connectivity index (χ3v) is 9.10. The molecule has 0 saturated carbocycles. The number of thiazole rings is 1. The average Bonchev–Trinajstić information content (AvgIpc) is 3.49. The topological polar surface area (TPSA) is 76.3 Å². The van der Waals surface area contributed by atoms with E-state index in [0.29, 0.717) is 37.9 Å². The summed E-state index contributed by atoms with van der Waals surface area (Å²) in [5.74, 6) is 0.616. The van der Waals surface area contributed by atoms with Gasteiger partial charge in [0.2, 0.25) is 14.8 Å². The molecule has 0 bridgehead atoms. The summed E-state index contributed by atoms with van der Waals surface area (Å²) in [5.41, 5.74) is 2.75. The fourth-order valence-corrected chi connectivity index (χ4v) is 6.58. The molecule has 0 unspecified atom stereocenters. The molecule has 1 aliphatic rings. The monoisotopic (exact) mass is 518 g/mol. The minimum atomic E-state index is -3.53. The van der Waals surface area contributed by atoms with Crippen LogP contribution in [0.15, 0.2) is 62.1 Å². The number of sulfonamides is 1. The van der Waals surface area contributed by atoms with Gasteiger partial charge in [-0.25, -0.2) is 18.1 Å². The van der Waals surface area contributed by atoms with Crippen molar-refractivity contribution in [1.29, 1.82) is 0 Å². The van der Waals surface area contributed by atoms with Crippen LogP contribution in [0.4, 0.5) is 5.69 Å². The van der Waals surface area contributed by atoms with Gasteiger partial charge in [0.05, 0.1) is 34.4 Å². The van der Waals surface area contributed by atoms with Crippen molar-refractivity contribution in [3.63, 3.8) is 0 Å². The van der Waals surface area contributed by atoms with Crippen molar-refractivity contribution in [2.75, 3.05) is 26.3 Å². The van der Waals surface area contributed by atoms with Crippen molar-refractivity contribution in [3.8, 4) is 10.6 Å². The molecule has 1 saturated heterocycles. The highest BCUT2D eigenvalue weighted by molar-refractivity contribution is 7.89. The van der Waals surface area contributed by atoms with Crippen LogP contribution < -0.4 is 4.80 Å². The molecule has 182 valence electrons. The van der Waals surface area contributed by atoms with Gasteiger partial charge in [-0.3, -0.25) is 0 Å². The van der Waals surface area contributed by atoms with E-state index in [1.807, 2.05) is 10.7 Å². The van der Waals surface area contributed by atoms with Crippen LogP contribution in [0, 0.1) is 5.92 Å². The van der Waals surface area contributed by atoms with Crippen molar-refractivity contribution >= 4 is 44.1 Å². The van der Waals surface area contributed by atoms with Crippen LogP contribution >= 0.6 is 22.7 Å². The van der Waals surface area contributed by atoms with Crippen molar-refractivity contribution in [3.05, 3.63) is 52.0 Å². The molecule has 34 heavy (non-hydrogen) atoms. The van der Waals surface area contributed by atoms with Gasteiger partial charge in [-0.05, 0) is 61.4 Å². The minimum Gasteiger partial charge on any atom is -0.379 e. The maximum atomic E-state index is 12.9. The Balaban J connectivity index is 1.66. The predicted octanol–water partition coefficient (Wildman–Crippen LogP) is 5.19. The largest absolute Gasteiger partial charge is 0.379 e. The summed E-state index contributed by atoms with van der Waals surface area (Å²) in [5, 5.41) is 9.03. The first-order chi connectivity index (χ1) is 16.3. The second kappa shape index (κ2) is 11.1. The first kappa shape index (κ1) is 25.0. The highest BCUT2D eigenvalue weighted by Crippen LogP contribution is 2.26. The van der Waals surface area contributed by atoms with Crippen LogP contribution in [0.3, 0.4) is 0 Å². The third kappa shape index (κ3) is 5.92. The SMILES string of the molecule is CC(CCC(C)C)=Nn1c(-c2cccs2)csc1=Nc1ccc(S(=O)(=O)N2CCOCC2)cc1. The zero-order valence-electron chi connectivity index (χ0n) is 19.7. The van der Waals surface area contributed by atoms with Gasteiger partial charge >= 0.3 is 0 Å². The maximum Gasteiger partial charge on any atom is 0.243 e. The Hall–Kier alpha value is -2.11. The average molecular weight is 519 g/mol. The van der Waals surface area contributed by atoms with E-state index in [0.717, 1.165) is 33.9 Å². The Labute approximate surface area is 209 Å². The Bertz CT molecular complexity index is 1280. The van der Waals surface area contributed by atoms with Crippen molar-refractivity contribution in [2.45, 2.75) is 38.5 Å². The number of thiophene rings is 1. The van der Waals surface area contributed by atoms with E-state index in [1.165, 1.54) is 15.6 Å². The molecule has 3 heterocycles. The van der Waals surface area contributed by atoms with Crippen LogP contribution in [0.2, 0.25) is 0 Å². The molecular weight excluding hydrogens is 488 g/mol. The zero-order chi connectivity index (χ0) is 24.1. The van der Waals surface area contributed by atoms with E-state index >= 15 is 0 Å². The van der Waals surface area contributed by atoms with Gasteiger partial charge in [0.1, 0.15) is 0 Å². The Kier molecular flexibility index (Phi) is 8.15. The lowest BCUT2D eigenvalue weighted by molar-refractivity contribution is 0.0730. The maximum absolute atomic E-state index is 12.9. The molecule has 0 amide bonds. The molecule has 0 spiro atoms. The standard InChI is InChI=1S/C24H30N4O3S3/c1-18(2)6-7-19(3)26-28-22(23-5-4-16-32-23)17-33-24(28)25-20-8-10-21(11-9-20)34(29,30)27-12-14-31-15-13-27/h4-5,8-11,16-18H,6-7,12-15H2,1-3H3. The summed E-state index contributed by atoms with van der Waals surface area (Å²) >= 11 is 3.19.